The lowest BCUT2D eigenvalue weighted by Gasteiger charge is -2.36. The highest BCUT2D eigenvalue weighted by Crippen LogP contribution is 2.29. The van der Waals surface area contributed by atoms with Crippen LogP contribution in [0.4, 0.5) is 17.5 Å². The van der Waals surface area contributed by atoms with Crippen LogP contribution in [0.2, 0.25) is 0 Å². The molecule has 0 N–H and O–H groups in total. The molecule has 29 heavy (non-hydrogen) atoms. The summed E-state index contributed by atoms with van der Waals surface area (Å²) in [5.41, 5.74) is 2.36. The van der Waals surface area contributed by atoms with Gasteiger partial charge < -0.3 is 14.7 Å². The number of aromatic nitrogens is 2. The van der Waals surface area contributed by atoms with Gasteiger partial charge in [0.05, 0.1) is 5.52 Å². The van der Waals surface area contributed by atoms with E-state index >= 15 is 0 Å². The van der Waals surface area contributed by atoms with Gasteiger partial charge in [0.15, 0.2) is 0 Å². The minimum absolute atomic E-state index is 0.885. The number of hydrogen-bond donors (Lipinski definition) is 0. The van der Waals surface area contributed by atoms with Crippen molar-refractivity contribution in [2.24, 2.45) is 0 Å². The number of piperazine rings is 1. The van der Waals surface area contributed by atoms with Gasteiger partial charge in [-0.15, -0.1) is 0 Å². The van der Waals surface area contributed by atoms with Gasteiger partial charge in [-0.2, -0.15) is 4.98 Å². The van der Waals surface area contributed by atoms with Gasteiger partial charge in [0.25, 0.3) is 0 Å². The third-order valence-electron chi connectivity index (χ3n) is 6.16. The molecule has 0 saturated carbocycles. The number of para-hydroxylation sites is 2. The molecular weight excluding hydrogens is 358 g/mol. The Labute approximate surface area is 173 Å². The molecule has 0 bridgehead atoms. The van der Waals surface area contributed by atoms with Crippen LogP contribution in [0.15, 0.2) is 54.6 Å². The van der Waals surface area contributed by atoms with Crippen LogP contribution in [-0.2, 0) is 0 Å². The Morgan fingerprint density at radius 3 is 1.97 bits per heavy atom. The fourth-order valence-corrected chi connectivity index (χ4v) is 4.52. The van der Waals surface area contributed by atoms with Crippen LogP contribution in [0, 0.1) is 0 Å². The third-order valence-corrected chi connectivity index (χ3v) is 6.16. The van der Waals surface area contributed by atoms with Gasteiger partial charge in [-0.05, 0) is 37.1 Å². The predicted octanol–water partition coefficient (Wildman–Crippen LogP) is 4.34. The van der Waals surface area contributed by atoms with Crippen molar-refractivity contribution in [3.8, 4) is 0 Å². The molecule has 1 aromatic heterocycles. The first-order chi connectivity index (χ1) is 14.4. The summed E-state index contributed by atoms with van der Waals surface area (Å²) in [5, 5.41) is 1.18. The molecule has 5 rings (SSSR count). The van der Waals surface area contributed by atoms with Crippen molar-refractivity contribution in [3.63, 3.8) is 0 Å². The largest absolute Gasteiger partial charge is 0.368 e. The molecule has 150 valence electrons. The van der Waals surface area contributed by atoms with E-state index < -0.39 is 0 Å². The number of anilines is 3. The van der Waals surface area contributed by atoms with Gasteiger partial charge in [-0.25, -0.2) is 4.98 Å². The van der Waals surface area contributed by atoms with Gasteiger partial charge in [-0.3, -0.25) is 0 Å². The smallest absolute Gasteiger partial charge is 0.228 e. The van der Waals surface area contributed by atoms with Crippen molar-refractivity contribution >= 4 is 28.4 Å². The zero-order chi connectivity index (χ0) is 19.5. The summed E-state index contributed by atoms with van der Waals surface area (Å²) < 4.78 is 0. The van der Waals surface area contributed by atoms with E-state index in [0.29, 0.717) is 0 Å². The highest BCUT2D eigenvalue weighted by Gasteiger charge is 2.22. The lowest BCUT2D eigenvalue weighted by molar-refractivity contribution is 0.640. The Morgan fingerprint density at radius 1 is 0.552 bits per heavy atom. The Morgan fingerprint density at radius 2 is 1.21 bits per heavy atom. The summed E-state index contributed by atoms with van der Waals surface area (Å²) in [4.78, 5) is 17.3. The molecule has 0 atom stereocenters. The molecular formula is C24H29N5. The molecule has 2 fully saturated rings. The van der Waals surface area contributed by atoms with Crippen molar-refractivity contribution in [1.82, 2.24) is 9.97 Å². The van der Waals surface area contributed by atoms with Crippen LogP contribution in [0.3, 0.4) is 0 Å². The zero-order valence-electron chi connectivity index (χ0n) is 17.0. The van der Waals surface area contributed by atoms with Crippen LogP contribution >= 0.6 is 0 Å². The summed E-state index contributed by atoms with van der Waals surface area (Å²) in [6.07, 6.45) is 5.16. The molecule has 0 unspecified atom stereocenters. The summed E-state index contributed by atoms with van der Waals surface area (Å²) in [7, 11) is 0. The van der Waals surface area contributed by atoms with Crippen molar-refractivity contribution in [2.45, 2.75) is 25.7 Å². The second kappa shape index (κ2) is 8.27. The van der Waals surface area contributed by atoms with E-state index in [1.54, 1.807) is 0 Å². The Balaban J connectivity index is 1.42. The van der Waals surface area contributed by atoms with E-state index in [1.165, 1.54) is 36.8 Å². The SMILES string of the molecule is c1ccc(N2CCN(c3nc(N4CCCCCC4)c4ccccc4n3)CC2)cc1. The molecule has 0 aliphatic carbocycles. The predicted molar refractivity (Wildman–Crippen MR) is 121 cm³/mol. The van der Waals surface area contributed by atoms with Crippen LogP contribution < -0.4 is 14.7 Å². The second-order valence-corrected chi connectivity index (χ2v) is 8.08. The first kappa shape index (κ1) is 18.2. The van der Waals surface area contributed by atoms with Crippen molar-refractivity contribution in [2.75, 3.05) is 54.0 Å². The topological polar surface area (TPSA) is 35.5 Å². The number of rotatable bonds is 3. The second-order valence-electron chi connectivity index (χ2n) is 8.08. The van der Waals surface area contributed by atoms with Gasteiger partial charge in [0, 0.05) is 50.3 Å². The molecule has 0 spiro atoms. The number of benzene rings is 2. The fraction of sp³-hybridized carbons (Fsp3) is 0.417. The van der Waals surface area contributed by atoms with Crippen molar-refractivity contribution < 1.29 is 0 Å². The lowest BCUT2D eigenvalue weighted by Crippen LogP contribution is -2.47. The maximum absolute atomic E-state index is 5.11. The van der Waals surface area contributed by atoms with E-state index in [-0.39, 0.29) is 0 Å². The average Bonchev–Trinajstić information content (AvgIpc) is 3.09. The van der Waals surface area contributed by atoms with Crippen molar-refractivity contribution in [3.05, 3.63) is 54.6 Å². The van der Waals surface area contributed by atoms with Crippen molar-refractivity contribution in [1.29, 1.82) is 0 Å². The molecule has 5 nitrogen and oxygen atoms in total. The standard InChI is InChI=1S/C24H29N5/c1-2-9-15-28(14-8-1)23-21-12-6-7-13-22(21)25-24(26-23)29-18-16-27(17-19-29)20-10-4-3-5-11-20/h3-7,10-13H,1-2,8-9,14-19H2. The van der Waals surface area contributed by atoms with E-state index in [0.717, 1.165) is 56.6 Å². The van der Waals surface area contributed by atoms with E-state index in [4.69, 9.17) is 9.97 Å². The van der Waals surface area contributed by atoms with E-state index in [9.17, 15) is 0 Å². The Bertz CT molecular complexity index is 942. The third kappa shape index (κ3) is 3.86. The lowest BCUT2D eigenvalue weighted by atomic mass is 10.2. The quantitative estimate of drug-likeness (QED) is 0.668. The summed E-state index contributed by atoms with van der Waals surface area (Å²) in [5.74, 6) is 2.01. The highest BCUT2D eigenvalue weighted by molar-refractivity contribution is 5.90. The molecule has 2 saturated heterocycles. The monoisotopic (exact) mass is 387 g/mol. The molecule has 0 radical (unpaired) electrons. The van der Waals surface area contributed by atoms with Gasteiger partial charge in [-0.1, -0.05) is 43.2 Å². The number of nitrogens with zero attached hydrogens (tertiary/aromatic N) is 5. The fourth-order valence-electron chi connectivity index (χ4n) is 4.52. The molecule has 3 aromatic rings. The maximum Gasteiger partial charge on any atom is 0.228 e. The molecule has 2 aromatic carbocycles. The summed E-state index contributed by atoms with van der Waals surface area (Å²) in [6, 6.07) is 19.2. The first-order valence-corrected chi connectivity index (χ1v) is 11.0. The molecule has 2 aliphatic rings. The highest BCUT2D eigenvalue weighted by atomic mass is 15.3. The van der Waals surface area contributed by atoms with Gasteiger partial charge >= 0.3 is 0 Å². The van der Waals surface area contributed by atoms with Crippen LogP contribution in [-0.4, -0.2) is 49.2 Å². The molecule has 3 heterocycles. The number of fused-ring (bicyclic) bond motifs is 1. The molecule has 0 amide bonds. The average molecular weight is 388 g/mol. The van der Waals surface area contributed by atoms with E-state index in [1.807, 2.05) is 0 Å². The summed E-state index contributed by atoms with van der Waals surface area (Å²) >= 11 is 0. The van der Waals surface area contributed by atoms with E-state index in [2.05, 4.69) is 69.3 Å². The zero-order valence-corrected chi connectivity index (χ0v) is 17.0. The molecule has 5 heteroatoms. The first-order valence-electron chi connectivity index (χ1n) is 11.0. The minimum Gasteiger partial charge on any atom is -0.368 e. The molecule has 2 aliphatic heterocycles. The van der Waals surface area contributed by atoms with Crippen LogP contribution in [0.1, 0.15) is 25.7 Å². The summed E-state index contributed by atoms with van der Waals surface area (Å²) in [6.45, 7) is 6.10. The normalized spacial score (nSPS) is 18.1. The van der Waals surface area contributed by atoms with Gasteiger partial charge in [0.1, 0.15) is 5.82 Å². The maximum atomic E-state index is 5.11. The van der Waals surface area contributed by atoms with Crippen LogP contribution in [0.25, 0.3) is 10.9 Å². The van der Waals surface area contributed by atoms with Crippen LogP contribution in [0.5, 0.6) is 0 Å². The minimum atomic E-state index is 0.885. The Hall–Kier alpha value is -2.82. The Kier molecular flexibility index (Phi) is 5.20. The van der Waals surface area contributed by atoms with Gasteiger partial charge in [0.2, 0.25) is 5.95 Å². The number of hydrogen-bond acceptors (Lipinski definition) is 5.